The van der Waals surface area contributed by atoms with E-state index in [-0.39, 0.29) is 19.1 Å². The third kappa shape index (κ3) is 4.55. The first-order valence-corrected chi connectivity index (χ1v) is 6.11. The average molecular weight is 279 g/mol. The summed E-state index contributed by atoms with van der Waals surface area (Å²) in [5.74, 6) is -0.210. The van der Waals surface area contributed by atoms with Crippen molar-refractivity contribution in [2.75, 3.05) is 13.2 Å². The molecule has 4 atom stereocenters. The molecular weight excluding hydrogens is 260 g/mol. The topological polar surface area (TPSA) is 105 Å². The number of halogens is 1. The van der Waals surface area contributed by atoms with Crippen LogP contribution in [0.2, 0.25) is 0 Å². The van der Waals surface area contributed by atoms with Gasteiger partial charge in [0.05, 0.1) is 25.4 Å². The van der Waals surface area contributed by atoms with Gasteiger partial charge in [0.2, 0.25) is 5.91 Å². The Balaban J connectivity index is 2.65. The van der Waals surface area contributed by atoms with Crippen LogP contribution >= 0.6 is 11.6 Å². The molecule has 0 fully saturated rings. The molecule has 1 unspecified atom stereocenters. The molecule has 1 aliphatic rings. The second-order valence-corrected chi connectivity index (χ2v) is 4.81. The van der Waals surface area contributed by atoms with Crippen molar-refractivity contribution in [3.8, 4) is 0 Å². The van der Waals surface area contributed by atoms with Crippen molar-refractivity contribution in [2.45, 2.75) is 37.6 Å². The third-order valence-electron chi connectivity index (χ3n) is 2.67. The van der Waals surface area contributed by atoms with E-state index in [1.165, 1.54) is 6.92 Å². The van der Waals surface area contributed by atoms with Crippen LogP contribution in [0.3, 0.4) is 0 Å². The van der Waals surface area contributed by atoms with Gasteiger partial charge < -0.3 is 26.0 Å². The number of carbonyl (C=O) groups is 1. The van der Waals surface area contributed by atoms with Gasteiger partial charge in [0, 0.05) is 24.4 Å². The lowest BCUT2D eigenvalue weighted by Crippen LogP contribution is -2.56. The SMILES string of the molecule is CC(=O)N[C@@H]1[C@@H](N)C=C(Cl)C[C@H]1OCC(O)CO. The van der Waals surface area contributed by atoms with E-state index in [1.54, 1.807) is 6.08 Å². The quantitative estimate of drug-likeness (QED) is 0.521. The fourth-order valence-corrected chi connectivity index (χ4v) is 2.12. The molecule has 0 aliphatic heterocycles. The number of hydrogen-bond acceptors (Lipinski definition) is 5. The lowest BCUT2D eigenvalue weighted by Gasteiger charge is -2.34. The summed E-state index contributed by atoms with van der Waals surface area (Å²) in [6.45, 7) is 0.980. The van der Waals surface area contributed by atoms with Crippen LogP contribution in [0.5, 0.6) is 0 Å². The Morgan fingerprint density at radius 2 is 2.44 bits per heavy atom. The summed E-state index contributed by atoms with van der Waals surface area (Å²) in [4.78, 5) is 11.1. The van der Waals surface area contributed by atoms with Crippen LogP contribution in [0.15, 0.2) is 11.1 Å². The van der Waals surface area contributed by atoms with E-state index >= 15 is 0 Å². The van der Waals surface area contributed by atoms with Crippen LogP contribution in [0, 0.1) is 0 Å². The zero-order valence-electron chi connectivity index (χ0n) is 10.2. The monoisotopic (exact) mass is 278 g/mol. The van der Waals surface area contributed by atoms with E-state index in [2.05, 4.69) is 5.32 Å². The Morgan fingerprint density at radius 3 is 3.00 bits per heavy atom. The molecule has 6 nitrogen and oxygen atoms in total. The molecule has 0 bridgehead atoms. The molecule has 1 rings (SSSR count). The molecule has 1 aliphatic carbocycles. The van der Waals surface area contributed by atoms with Crippen molar-refractivity contribution < 1.29 is 19.7 Å². The van der Waals surface area contributed by atoms with E-state index in [1.807, 2.05) is 0 Å². The third-order valence-corrected chi connectivity index (χ3v) is 2.95. The summed E-state index contributed by atoms with van der Waals surface area (Å²) in [5, 5.41) is 21.2. The number of carbonyl (C=O) groups excluding carboxylic acids is 1. The number of nitrogens with two attached hydrogens (primary N) is 1. The molecule has 0 spiro atoms. The van der Waals surface area contributed by atoms with E-state index in [9.17, 15) is 9.90 Å². The number of ether oxygens (including phenoxy) is 1. The number of aliphatic hydroxyl groups is 2. The lowest BCUT2D eigenvalue weighted by atomic mass is 9.94. The van der Waals surface area contributed by atoms with Crippen LogP contribution in [0.4, 0.5) is 0 Å². The predicted octanol–water partition coefficient (Wildman–Crippen LogP) is -0.917. The Morgan fingerprint density at radius 1 is 1.78 bits per heavy atom. The van der Waals surface area contributed by atoms with E-state index in [0.29, 0.717) is 11.5 Å². The van der Waals surface area contributed by atoms with Crippen molar-refractivity contribution in [3.63, 3.8) is 0 Å². The molecule has 0 aromatic heterocycles. The highest BCUT2D eigenvalue weighted by atomic mass is 35.5. The van der Waals surface area contributed by atoms with Gasteiger partial charge >= 0.3 is 0 Å². The van der Waals surface area contributed by atoms with Gasteiger partial charge in [-0.05, 0) is 0 Å². The maximum absolute atomic E-state index is 11.1. The van der Waals surface area contributed by atoms with Gasteiger partial charge in [0.15, 0.2) is 0 Å². The first-order chi connectivity index (χ1) is 8.43. The highest BCUT2D eigenvalue weighted by Crippen LogP contribution is 2.23. The first kappa shape index (κ1) is 15.4. The van der Waals surface area contributed by atoms with Gasteiger partial charge in [0.1, 0.15) is 6.10 Å². The zero-order chi connectivity index (χ0) is 13.7. The normalized spacial score (nSPS) is 29.6. The van der Waals surface area contributed by atoms with Crippen LogP contribution in [0.25, 0.3) is 0 Å². The molecule has 1 amide bonds. The number of rotatable bonds is 5. The van der Waals surface area contributed by atoms with Gasteiger partial charge in [0.25, 0.3) is 0 Å². The number of aliphatic hydroxyl groups excluding tert-OH is 2. The van der Waals surface area contributed by atoms with E-state index in [4.69, 9.17) is 27.2 Å². The Kier molecular flexibility index (Phi) is 6.04. The summed E-state index contributed by atoms with van der Waals surface area (Å²) >= 11 is 5.93. The maximum atomic E-state index is 11.1. The molecule has 0 heterocycles. The Bertz CT molecular complexity index is 324. The second kappa shape index (κ2) is 7.06. The molecule has 104 valence electrons. The molecule has 0 radical (unpaired) electrons. The van der Waals surface area contributed by atoms with Crippen LogP contribution < -0.4 is 11.1 Å². The molecule has 18 heavy (non-hydrogen) atoms. The molecule has 0 aromatic carbocycles. The van der Waals surface area contributed by atoms with Crippen LogP contribution in [-0.4, -0.2) is 53.6 Å². The molecule has 0 saturated heterocycles. The van der Waals surface area contributed by atoms with Gasteiger partial charge in [-0.25, -0.2) is 0 Å². The van der Waals surface area contributed by atoms with Crippen molar-refractivity contribution >= 4 is 17.5 Å². The van der Waals surface area contributed by atoms with E-state index < -0.39 is 24.3 Å². The fourth-order valence-electron chi connectivity index (χ4n) is 1.82. The average Bonchev–Trinajstić information content (AvgIpc) is 2.29. The van der Waals surface area contributed by atoms with Crippen LogP contribution in [0.1, 0.15) is 13.3 Å². The minimum Gasteiger partial charge on any atom is -0.394 e. The number of amides is 1. The van der Waals surface area contributed by atoms with Crippen LogP contribution in [-0.2, 0) is 9.53 Å². The minimum absolute atomic E-state index is 0.0336. The highest BCUT2D eigenvalue weighted by molar-refractivity contribution is 6.29. The molecule has 5 N–H and O–H groups in total. The predicted molar refractivity (Wildman–Crippen MR) is 67.0 cm³/mol. The zero-order valence-corrected chi connectivity index (χ0v) is 10.9. The van der Waals surface area contributed by atoms with Crippen molar-refractivity contribution in [3.05, 3.63) is 11.1 Å². The summed E-state index contributed by atoms with van der Waals surface area (Å²) in [7, 11) is 0. The van der Waals surface area contributed by atoms with Gasteiger partial charge in [-0.1, -0.05) is 17.7 Å². The summed E-state index contributed by atoms with van der Waals surface area (Å²) in [6.07, 6.45) is 0.717. The largest absolute Gasteiger partial charge is 0.394 e. The van der Waals surface area contributed by atoms with Crippen molar-refractivity contribution in [1.82, 2.24) is 5.32 Å². The number of hydrogen-bond donors (Lipinski definition) is 4. The Hall–Kier alpha value is -0.660. The standard InChI is InChI=1S/C11H19ClN2O4/c1-6(16)14-11-9(13)2-7(12)3-10(11)18-5-8(17)4-15/h2,8-11,15,17H,3-5,13H2,1H3,(H,14,16)/t8?,9-,10+,11+/m0/s1. The van der Waals surface area contributed by atoms with E-state index in [0.717, 1.165) is 0 Å². The van der Waals surface area contributed by atoms with Gasteiger partial charge in [-0.15, -0.1) is 0 Å². The Labute approximate surface area is 111 Å². The summed E-state index contributed by atoms with van der Waals surface area (Å²) in [6, 6.07) is -0.831. The maximum Gasteiger partial charge on any atom is 0.217 e. The van der Waals surface area contributed by atoms with Crippen molar-refractivity contribution in [2.24, 2.45) is 5.73 Å². The molecule has 0 saturated carbocycles. The first-order valence-electron chi connectivity index (χ1n) is 5.73. The molecule has 7 heteroatoms. The highest BCUT2D eigenvalue weighted by Gasteiger charge is 2.32. The summed E-state index contributed by atoms with van der Waals surface area (Å²) in [5.41, 5.74) is 5.88. The smallest absolute Gasteiger partial charge is 0.217 e. The fraction of sp³-hybridized carbons (Fsp3) is 0.727. The van der Waals surface area contributed by atoms with Crippen molar-refractivity contribution in [1.29, 1.82) is 0 Å². The minimum atomic E-state index is -0.955. The van der Waals surface area contributed by atoms with Gasteiger partial charge in [-0.3, -0.25) is 4.79 Å². The summed E-state index contributed by atoms with van der Waals surface area (Å²) < 4.78 is 5.46. The molecule has 0 aromatic rings. The second-order valence-electron chi connectivity index (χ2n) is 4.33. The lowest BCUT2D eigenvalue weighted by molar-refractivity contribution is -0.121. The van der Waals surface area contributed by atoms with Gasteiger partial charge in [-0.2, -0.15) is 0 Å². The number of nitrogens with one attached hydrogen (secondary N) is 1. The molecular formula is C11H19ClN2O4.